The highest BCUT2D eigenvalue weighted by molar-refractivity contribution is 6.31. The topological polar surface area (TPSA) is 17.8 Å². The molecule has 3 heteroatoms. The summed E-state index contributed by atoms with van der Waals surface area (Å²) in [6, 6.07) is 16.6. The highest BCUT2D eigenvalue weighted by Gasteiger charge is 2.12. The van der Waals surface area contributed by atoms with Gasteiger partial charge < -0.3 is 4.57 Å². The molecule has 0 bridgehead atoms. The van der Waals surface area contributed by atoms with E-state index in [2.05, 4.69) is 47.9 Å². The van der Waals surface area contributed by atoms with Crippen LogP contribution in [0.4, 0.5) is 0 Å². The van der Waals surface area contributed by atoms with E-state index in [1.807, 2.05) is 12.1 Å². The fraction of sp³-hybridized carbons (Fsp3) is 0.480. The van der Waals surface area contributed by atoms with Gasteiger partial charge in [0.1, 0.15) is 5.82 Å². The maximum Gasteiger partial charge on any atom is 0.110 e. The Kier molecular flexibility index (Phi) is 8.42. The molecule has 1 heterocycles. The van der Waals surface area contributed by atoms with Crippen LogP contribution in [0.15, 0.2) is 48.5 Å². The van der Waals surface area contributed by atoms with Crippen LogP contribution in [0, 0.1) is 0 Å². The Morgan fingerprint density at radius 2 is 1.43 bits per heavy atom. The van der Waals surface area contributed by atoms with E-state index in [0.717, 1.165) is 29.1 Å². The first-order chi connectivity index (χ1) is 13.8. The van der Waals surface area contributed by atoms with E-state index in [0.29, 0.717) is 0 Å². The van der Waals surface area contributed by atoms with Crippen LogP contribution in [0.25, 0.3) is 11.0 Å². The van der Waals surface area contributed by atoms with Gasteiger partial charge in [0.25, 0.3) is 0 Å². The van der Waals surface area contributed by atoms with Gasteiger partial charge in [-0.15, -0.1) is 0 Å². The Labute approximate surface area is 174 Å². The molecule has 0 aliphatic carbocycles. The summed E-state index contributed by atoms with van der Waals surface area (Å²) in [4.78, 5) is 4.93. The summed E-state index contributed by atoms with van der Waals surface area (Å²) in [6.07, 6.45) is 13.2. The molecule has 0 atom stereocenters. The molecule has 0 radical (unpaired) electrons. The molecule has 3 aromatic rings. The molecule has 0 aliphatic heterocycles. The number of imidazole rings is 1. The molecule has 0 saturated heterocycles. The number of nitrogens with zero attached hydrogens (tertiary/aromatic N) is 2. The smallest absolute Gasteiger partial charge is 0.110 e. The molecule has 0 amide bonds. The Balaban J connectivity index is 1.58. The zero-order chi connectivity index (χ0) is 19.6. The first-order valence-electron chi connectivity index (χ1n) is 11.0. The average molecular weight is 397 g/mol. The first-order valence-corrected chi connectivity index (χ1v) is 11.3. The molecule has 0 N–H and O–H groups in total. The summed E-state index contributed by atoms with van der Waals surface area (Å²) in [5, 5.41) is 0.828. The molecular formula is C25H33ClN2. The molecule has 0 aliphatic rings. The lowest BCUT2D eigenvalue weighted by molar-refractivity contribution is 0.559. The first kappa shape index (κ1) is 20.9. The molecule has 0 saturated carbocycles. The van der Waals surface area contributed by atoms with E-state index >= 15 is 0 Å². The number of benzene rings is 2. The van der Waals surface area contributed by atoms with Crippen molar-refractivity contribution in [2.24, 2.45) is 0 Å². The van der Waals surface area contributed by atoms with Gasteiger partial charge in [0.15, 0.2) is 0 Å². The van der Waals surface area contributed by atoms with E-state index in [4.69, 9.17) is 16.6 Å². The van der Waals surface area contributed by atoms with Crippen LogP contribution >= 0.6 is 11.6 Å². The number of aromatic nitrogens is 2. The highest BCUT2D eigenvalue weighted by Crippen LogP contribution is 2.23. The lowest BCUT2D eigenvalue weighted by Crippen LogP contribution is -2.06. The number of hydrogen-bond acceptors (Lipinski definition) is 1. The van der Waals surface area contributed by atoms with Gasteiger partial charge in [0.2, 0.25) is 0 Å². The maximum absolute atomic E-state index is 6.42. The van der Waals surface area contributed by atoms with E-state index in [1.54, 1.807) is 0 Å². The number of aryl methyl sites for hydroxylation is 1. The highest BCUT2D eigenvalue weighted by atomic mass is 35.5. The molecule has 0 spiro atoms. The maximum atomic E-state index is 6.42. The zero-order valence-electron chi connectivity index (χ0n) is 17.2. The Morgan fingerprint density at radius 3 is 2.18 bits per heavy atom. The normalized spacial score (nSPS) is 11.4. The third-order valence-corrected chi connectivity index (χ3v) is 5.89. The summed E-state index contributed by atoms with van der Waals surface area (Å²) in [5.41, 5.74) is 3.44. The van der Waals surface area contributed by atoms with Crippen molar-refractivity contribution in [2.45, 2.75) is 77.7 Å². The van der Waals surface area contributed by atoms with Crippen LogP contribution in [-0.2, 0) is 13.0 Å². The zero-order valence-corrected chi connectivity index (χ0v) is 17.9. The van der Waals surface area contributed by atoms with E-state index in [1.165, 1.54) is 69.1 Å². The van der Waals surface area contributed by atoms with Crippen LogP contribution in [-0.4, -0.2) is 9.55 Å². The number of halogens is 1. The molecular weight excluding hydrogens is 364 g/mol. The van der Waals surface area contributed by atoms with Crippen molar-refractivity contribution in [2.75, 3.05) is 0 Å². The fourth-order valence-corrected chi connectivity index (χ4v) is 4.08. The van der Waals surface area contributed by atoms with Crippen LogP contribution in [0.3, 0.4) is 0 Å². The van der Waals surface area contributed by atoms with Gasteiger partial charge in [0, 0.05) is 11.4 Å². The van der Waals surface area contributed by atoms with Gasteiger partial charge in [-0.2, -0.15) is 0 Å². The van der Waals surface area contributed by atoms with Crippen molar-refractivity contribution in [1.82, 2.24) is 9.55 Å². The molecule has 0 fully saturated rings. The van der Waals surface area contributed by atoms with Crippen molar-refractivity contribution >= 4 is 22.6 Å². The number of unbranched alkanes of at least 4 members (excludes halogenated alkanes) is 8. The third-order valence-electron chi connectivity index (χ3n) is 5.52. The van der Waals surface area contributed by atoms with Crippen LogP contribution in [0.1, 0.15) is 76.1 Å². The number of rotatable bonds is 12. The van der Waals surface area contributed by atoms with Crippen molar-refractivity contribution in [3.63, 3.8) is 0 Å². The minimum atomic E-state index is 0.785. The standard InChI is InChI=1S/C25H33ClN2/c1-2-3-4-5-6-7-8-9-10-19-25-27-23-17-13-14-18-24(23)28(25)20-21-15-11-12-16-22(21)26/h11-18H,2-10,19-20H2,1H3. The SMILES string of the molecule is CCCCCCCCCCCc1nc2ccccc2n1Cc1ccccc1Cl. The monoisotopic (exact) mass is 396 g/mol. The second kappa shape index (κ2) is 11.3. The Bertz CT molecular complexity index is 853. The van der Waals surface area contributed by atoms with E-state index < -0.39 is 0 Å². The molecule has 1 aromatic heterocycles. The summed E-state index contributed by atoms with van der Waals surface area (Å²) in [6.45, 7) is 3.06. The minimum absolute atomic E-state index is 0.785. The second-order valence-electron chi connectivity index (χ2n) is 7.77. The van der Waals surface area contributed by atoms with Crippen LogP contribution in [0.2, 0.25) is 5.02 Å². The average Bonchev–Trinajstić information content (AvgIpc) is 3.06. The van der Waals surface area contributed by atoms with Gasteiger partial charge in [-0.3, -0.25) is 0 Å². The lowest BCUT2D eigenvalue weighted by Gasteiger charge is -2.11. The van der Waals surface area contributed by atoms with Gasteiger partial charge in [-0.05, 0) is 30.2 Å². The summed E-state index contributed by atoms with van der Waals surface area (Å²) < 4.78 is 2.35. The van der Waals surface area contributed by atoms with Crippen LogP contribution in [0.5, 0.6) is 0 Å². The summed E-state index contributed by atoms with van der Waals surface area (Å²) in [5.74, 6) is 1.18. The largest absolute Gasteiger partial charge is 0.323 e. The molecule has 2 nitrogen and oxygen atoms in total. The molecule has 0 unspecified atom stereocenters. The van der Waals surface area contributed by atoms with Gasteiger partial charge >= 0.3 is 0 Å². The number of para-hydroxylation sites is 2. The van der Waals surface area contributed by atoms with E-state index in [-0.39, 0.29) is 0 Å². The number of hydrogen-bond donors (Lipinski definition) is 0. The van der Waals surface area contributed by atoms with Crippen molar-refractivity contribution < 1.29 is 0 Å². The summed E-state index contributed by atoms with van der Waals surface area (Å²) >= 11 is 6.42. The van der Waals surface area contributed by atoms with Crippen molar-refractivity contribution in [3.05, 3.63) is 64.9 Å². The predicted molar refractivity (Wildman–Crippen MR) is 121 cm³/mol. The van der Waals surface area contributed by atoms with Crippen molar-refractivity contribution in [3.8, 4) is 0 Å². The minimum Gasteiger partial charge on any atom is -0.323 e. The van der Waals surface area contributed by atoms with Crippen LogP contribution < -0.4 is 0 Å². The predicted octanol–water partition coefficient (Wildman–Crippen LogP) is 7.81. The Hall–Kier alpha value is -1.80. The molecule has 3 rings (SSSR count). The quantitative estimate of drug-likeness (QED) is 0.285. The van der Waals surface area contributed by atoms with Gasteiger partial charge in [-0.1, -0.05) is 100 Å². The van der Waals surface area contributed by atoms with Crippen molar-refractivity contribution in [1.29, 1.82) is 0 Å². The fourth-order valence-electron chi connectivity index (χ4n) is 3.88. The van der Waals surface area contributed by atoms with E-state index in [9.17, 15) is 0 Å². The lowest BCUT2D eigenvalue weighted by atomic mass is 10.1. The molecule has 150 valence electrons. The molecule has 2 aromatic carbocycles. The third kappa shape index (κ3) is 5.85. The van der Waals surface area contributed by atoms with Gasteiger partial charge in [-0.25, -0.2) is 4.98 Å². The Morgan fingerprint density at radius 1 is 0.786 bits per heavy atom. The number of fused-ring (bicyclic) bond motifs is 1. The van der Waals surface area contributed by atoms with Gasteiger partial charge in [0.05, 0.1) is 17.6 Å². The second-order valence-corrected chi connectivity index (χ2v) is 8.18. The molecule has 28 heavy (non-hydrogen) atoms. The summed E-state index contributed by atoms with van der Waals surface area (Å²) in [7, 11) is 0.